The lowest BCUT2D eigenvalue weighted by Crippen LogP contribution is -2.16. The lowest BCUT2D eigenvalue weighted by molar-refractivity contribution is 0.0620. The molecule has 1 aromatic heterocycles. The number of hydrogen-bond acceptors (Lipinski definition) is 3. The first kappa shape index (κ1) is 16.2. The number of aromatic amines is 1. The van der Waals surface area contributed by atoms with Crippen molar-refractivity contribution >= 4 is 17.7 Å². The zero-order valence-corrected chi connectivity index (χ0v) is 14.4. The van der Waals surface area contributed by atoms with E-state index in [1.165, 1.54) is 5.56 Å². The number of hydrogen-bond donors (Lipinski definition) is 2. The minimum absolute atomic E-state index is 0.358. The van der Waals surface area contributed by atoms with Gasteiger partial charge in [0.25, 0.3) is 0 Å². The fourth-order valence-electron chi connectivity index (χ4n) is 3.06. The van der Waals surface area contributed by atoms with Gasteiger partial charge in [-0.25, -0.2) is 4.79 Å². The molecule has 3 aromatic rings. The van der Waals surface area contributed by atoms with Crippen LogP contribution in [0.4, 0.5) is 5.69 Å². The van der Waals surface area contributed by atoms with E-state index in [1.807, 2.05) is 60.8 Å². The summed E-state index contributed by atoms with van der Waals surface area (Å²) >= 11 is 0. The molecule has 4 nitrogen and oxygen atoms in total. The molecule has 26 heavy (non-hydrogen) atoms. The zero-order chi connectivity index (χ0) is 17.8. The summed E-state index contributed by atoms with van der Waals surface area (Å²) in [6.45, 7) is 0.504. The number of carbonyl (C=O) groups is 1. The number of carbonyl (C=O) groups excluding carboxylic acids is 1. The fraction of sp³-hybridized carbons (Fsp3) is 0.136. The third kappa shape index (κ3) is 3.70. The quantitative estimate of drug-likeness (QED) is 0.674. The van der Waals surface area contributed by atoms with Gasteiger partial charge in [0.05, 0.1) is 6.54 Å². The second-order valence-electron chi connectivity index (χ2n) is 6.35. The number of fused-ring (bicyclic) bond motifs is 1. The normalized spacial score (nSPS) is 12.7. The molecule has 0 fully saturated rings. The van der Waals surface area contributed by atoms with E-state index < -0.39 is 0 Å². The van der Waals surface area contributed by atoms with Gasteiger partial charge >= 0.3 is 5.97 Å². The Morgan fingerprint density at radius 3 is 2.62 bits per heavy atom. The molecular formula is C22H20N2O2. The van der Waals surface area contributed by atoms with Gasteiger partial charge in [0.1, 0.15) is 11.5 Å². The molecule has 1 aliphatic rings. The molecule has 1 aliphatic heterocycles. The number of H-pyrrole nitrogens is 1. The maximum Gasteiger partial charge on any atom is 0.359 e. The molecule has 4 rings (SSSR count). The number of ether oxygens (including phenoxy) is 1. The molecule has 2 heterocycles. The van der Waals surface area contributed by atoms with Crippen molar-refractivity contribution in [2.45, 2.75) is 12.8 Å². The Hall–Kier alpha value is -3.27. The predicted octanol–water partition coefficient (Wildman–Crippen LogP) is 4.42. The van der Waals surface area contributed by atoms with E-state index in [1.54, 1.807) is 0 Å². The molecule has 0 amide bonds. The Bertz CT molecular complexity index is 942. The first-order valence-electron chi connectivity index (χ1n) is 8.75. The summed E-state index contributed by atoms with van der Waals surface area (Å²) in [6, 6.07) is 20.1. The maximum absolute atomic E-state index is 12.4. The molecule has 0 spiro atoms. The molecule has 0 unspecified atom stereocenters. The smallest absolute Gasteiger partial charge is 0.359 e. The average Bonchev–Trinajstić information content (AvgIpc) is 3.16. The van der Waals surface area contributed by atoms with E-state index >= 15 is 0 Å². The average molecular weight is 344 g/mol. The van der Waals surface area contributed by atoms with Gasteiger partial charge in [-0.05, 0) is 42.2 Å². The van der Waals surface area contributed by atoms with Crippen molar-refractivity contribution in [2.75, 3.05) is 11.9 Å². The molecule has 0 atom stereocenters. The Morgan fingerprint density at radius 1 is 0.962 bits per heavy atom. The van der Waals surface area contributed by atoms with E-state index in [0.717, 1.165) is 29.7 Å². The van der Waals surface area contributed by atoms with Crippen LogP contribution in [0.2, 0.25) is 0 Å². The van der Waals surface area contributed by atoms with Crippen LogP contribution in [0.3, 0.4) is 0 Å². The largest absolute Gasteiger partial charge is 0.424 e. The minimum atomic E-state index is -0.358. The van der Waals surface area contributed by atoms with Crippen LogP contribution in [0.5, 0.6) is 0 Å². The van der Waals surface area contributed by atoms with Gasteiger partial charge in [-0.15, -0.1) is 0 Å². The lowest BCUT2D eigenvalue weighted by Gasteiger charge is -2.17. The van der Waals surface area contributed by atoms with E-state index in [0.29, 0.717) is 18.0 Å². The molecule has 0 saturated carbocycles. The van der Waals surface area contributed by atoms with Gasteiger partial charge in [-0.1, -0.05) is 48.5 Å². The van der Waals surface area contributed by atoms with Crippen molar-refractivity contribution < 1.29 is 9.53 Å². The van der Waals surface area contributed by atoms with Gasteiger partial charge in [-0.3, -0.25) is 0 Å². The van der Waals surface area contributed by atoms with Gasteiger partial charge in [0, 0.05) is 17.4 Å². The summed E-state index contributed by atoms with van der Waals surface area (Å²) in [5.41, 5.74) is 4.94. The van der Waals surface area contributed by atoms with Gasteiger partial charge in [0.15, 0.2) is 0 Å². The van der Waals surface area contributed by atoms with Crippen LogP contribution in [0.1, 0.15) is 27.2 Å². The highest BCUT2D eigenvalue weighted by Crippen LogP contribution is 2.24. The summed E-state index contributed by atoms with van der Waals surface area (Å²) < 4.78 is 5.54. The van der Waals surface area contributed by atoms with Crippen LogP contribution in [0, 0.1) is 0 Å². The lowest BCUT2D eigenvalue weighted by atomic mass is 10.1. The van der Waals surface area contributed by atoms with Crippen molar-refractivity contribution in [3.8, 4) is 0 Å². The van der Waals surface area contributed by atoms with Crippen LogP contribution in [-0.2, 0) is 17.6 Å². The Balaban J connectivity index is 1.39. The second kappa shape index (κ2) is 7.31. The second-order valence-corrected chi connectivity index (χ2v) is 6.35. The highest BCUT2D eigenvalue weighted by Gasteiger charge is 2.16. The molecule has 130 valence electrons. The number of aromatic nitrogens is 1. The Labute approximate surface area is 152 Å². The zero-order valence-electron chi connectivity index (χ0n) is 14.4. The van der Waals surface area contributed by atoms with Crippen LogP contribution in [0.25, 0.3) is 6.08 Å². The maximum atomic E-state index is 12.4. The van der Waals surface area contributed by atoms with Crippen molar-refractivity contribution in [1.82, 2.24) is 4.98 Å². The Kier molecular flexibility index (Phi) is 4.56. The Morgan fingerprint density at radius 2 is 1.73 bits per heavy atom. The number of anilines is 1. The third-order valence-electron chi connectivity index (χ3n) is 4.46. The molecule has 4 heteroatoms. The fourth-order valence-corrected chi connectivity index (χ4v) is 3.06. The van der Waals surface area contributed by atoms with Crippen LogP contribution < -0.4 is 5.32 Å². The molecule has 0 aliphatic carbocycles. The van der Waals surface area contributed by atoms with Crippen LogP contribution >= 0.6 is 0 Å². The highest BCUT2D eigenvalue weighted by molar-refractivity contribution is 5.89. The van der Waals surface area contributed by atoms with E-state index in [-0.39, 0.29) is 5.97 Å². The molecule has 0 bridgehead atoms. The van der Waals surface area contributed by atoms with Crippen molar-refractivity contribution in [2.24, 2.45) is 0 Å². The number of aryl methyl sites for hydroxylation is 2. The van der Waals surface area contributed by atoms with Gasteiger partial charge < -0.3 is 15.0 Å². The summed E-state index contributed by atoms with van der Waals surface area (Å²) in [7, 11) is 0. The number of esters is 1. The van der Waals surface area contributed by atoms with Crippen molar-refractivity contribution in [3.63, 3.8) is 0 Å². The van der Waals surface area contributed by atoms with Gasteiger partial charge in [0.2, 0.25) is 0 Å². The summed E-state index contributed by atoms with van der Waals surface area (Å²) in [6.07, 6.45) is 5.61. The number of para-hydroxylation sites is 1. The van der Waals surface area contributed by atoms with E-state index in [4.69, 9.17) is 4.74 Å². The third-order valence-corrected chi connectivity index (χ3v) is 4.46. The first-order chi connectivity index (χ1) is 12.8. The summed E-state index contributed by atoms with van der Waals surface area (Å²) in [5.74, 6) is 0.262. The highest BCUT2D eigenvalue weighted by atomic mass is 16.5. The van der Waals surface area contributed by atoms with Crippen LogP contribution in [0.15, 0.2) is 72.6 Å². The van der Waals surface area contributed by atoms with Crippen molar-refractivity contribution in [1.29, 1.82) is 0 Å². The van der Waals surface area contributed by atoms with E-state index in [2.05, 4.69) is 22.4 Å². The number of rotatable bonds is 5. The summed E-state index contributed by atoms with van der Waals surface area (Å²) in [4.78, 5) is 15.4. The molecule has 0 saturated heterocycles. The molecule has 2 aromatic carbocycles. The summed E-state index contributed by atoms with van der Waals surface area (Å²) in [5, 5.41) is 3.26. The standard InChI is InChI=1S/C22H20N2O2/c25-22(26-19-13-18-8-4-5-9-20(18)24-15-19)21-12-17(14-23-21)11-10-16-6-2-1-3-7-16/h1-9,12-14,23-24H,10-11,15H2. The number of benzene rings is 2. The molecule has 2 N–H and O–H groups in total. The van der Waals surface area contributed by atoms with Crippen LogP contribution in [-0.4, -0.2) is 17.5 Å². The topological polar surface area (TPSA) is 54.1 Å². The molecular weight excluding hydrogens is 324 g/mol. The molecule has 0 radical (unpaired) electrons. The van der Waals surface area contributed by atoms with Crippen molar-refractivity contribution in [3.05, 3.63) is 95.0 Å². The first-order valence-corrected chi connectivity index (χ1v) is 8.75. The van der Waals surface area contributed by atoms with E-state index in [9.17, 15) is 4.79 Å². The SMILES string of the molecule is O=C(OC1=Cc2ccccc2NC1)c1cc(CCc2ccccc2)c[nH]1. The monoisotopic (exact) mass is 344 g/mol. The minimum Gasteiger partial charge on any atom is -0.424 e. The van der Waals surface area contributed by atoms with Gasteiger partial charge in [-0.2, -0.15) is 0 Å². The predicted molar refractivity (Wildman–Crippen MR) is 103 cm³/mol. The number of nitrogens with one attached hydrogen (secondary N) is 2.